The molecule has 1 N–H and O–H groups in total. The molecule has 0 saturated heterocycles. The quantitative estimate of drug-likeness (QED) is 0.0373. The minimum Gasteiger partial charge on any atom is -0.462 e. The van der Waals surface area contributed by atoms with Gasteiger partial charge in [-0.15, -0.1) is 0 Å². The number of aliphatic hydroxyl groups excluding tert-OH is 1. The van der Waals surface area contributed by atoms with E-state index in [1.807, 2.05) is 0 Å². The molecule has 0 amide bonds. The second-order valence-electron chi connectivity index (χ2n) is 19.3. The van der Waals surface area contributed by atoms with Crippen LogP contribution >= 0.6 is 0 Å². The molecular formula is C71H110O5. The van der Waals surface area contributed by atoms with E-state index in [4.69, 9.17) is 9.47 Å². The van der Waals surface area contributed by atoms with E-state index in [0.717, 1.165) is 154 Å². The number of rotatable bonds is 53. The van der Waals surface area contributed by atoms with Gasteiger partial charge in [-0.3, -0.25) is 9.59 Å². The van der Waals surface area contributed by atoms with E-state index in [2.05, 4.69) is 196 Å². The van der Waals surface area contributed by atoms with Crippen LogP contribution in [0.3, 0.4) is 0 Å². The summed E-state index contributed by atoms with van der Waals surface area (Å²) in [6, 6.07) is 0. The average molecular weight is 1040 g/mol. The fraction of sp³-hybridized carbons (Fsp3) is 0.549. The van der Waals surface area contributed by atoms with Crippen LogP contribution in [0.4, 0.5) is 0 Å². The number of hydrogen-bond donors (Lipinski definition) is 1. The predicted molar refractivity (Wildman–Crippen MR) is 333 cm³/mol. The Morgan fingerprint density at radius 1 is 0.303 bits per heavy atom. The van der Waals surface area contributed by atoms with E-state index in [-0.39, 0.29) is 25.2 Å². The highest BCUT2D eigenvalue weighted by Gasteiger charge is 2.16. The highest BCUT2D eigenvalue weighted by atomic mass is 16.6. The summed E-state index contributed by atoms with van der Waals surface area (Å²) in [5, 5.41) is 9.67. The lowest BCUT2D eigenvalue weighted by Gasteiger charge is -2.15. The van der Waals surface area contributed by atoms with E-state index >= 15 is 0 Å². The van der Waals surface area contributed by atoms with Gasteiger partial charge in [-0.1, -0.05) is 267 Å². The Balaban J connectivity index is 3.63. The first kappa shape index (κ1) is 71.0. The lowest BCUT2D eigenvalue weighted by molar-refractivity contribution is -0.161. The summed E-state index contributed by atoms with van der Waals surface area (Å²) in [5.41, 5.74) is 0. The standard InChI is InChI=1S/C71H110O5/c1-3-5-7-9-11-13-15-17-19-21-23-25-27-29-31-33-35-37-39-41-43-45-47-49-51-53-55-57-59-61-63-65-70(73)75-68-69(67-72)76-71(74)66-64-62-60-58-56-54-52-50-48-46-44-42-40-38-36-34-32-30-28-26-24-22-20-18-16-14-12-10-8-6-4-2/h5-8,11-14,17-20,23-26,29-32,35-38,41-44,48,50,69,72H,3-4,9-10,15-16,21-22,27-28,33-34,39-40,45-47,49,51-68H2,1-2H3/b7-5-,8-6-,13-11-,14-12-,19-17-,20-18-,25-23-,26-24-,31-29-,32-30-,37-35-,38-36-,43-41-,44-42-,50-48-. The number of carbonyl (C=O) groups is 2. The molecule has 76 heavy (non-hydrogen) atoms. The Morgan fingerprint density at radius 2 is 0.526 bits per heavy atom. The highest BCUT2D eigenvalue weighted by Crippen LogP contribution is 2.14. The maximum absolute atomic E-state index is 12.3. The first-order chi connectivity index (χ1) is 37.6. The lowest BCUT2D eigenvalue weighted by atomic mass is 10.1. The fourth-order valence-electron chi connectivity index (χ4n) is 7.73. The molecule has 0 bridgehead atoms. The summed E-state index contributed by atoms with van der Waals surface area (Å²) in [7, 11) is 0. The zero-order valence-corrected chi connectivity index (χ0v) is 48.4. The molecule has 0 radical (unpaired) electrons. The molecule has 5 nitrogen and oxygen atoms in total. The second-order valence-corrected chi connectivity index (χ2v) is 19.3. The molecule has 0 heterocycles. The number of aliphatic hydroxyl groups is 1. The Labute approximate surface area is 467 Å². The summed E-state index contributed by atoms with van der Waals surface area (Å²) < 4.78 is 10.7. The van der Waals surface area contributed by atoms with Gasteiger partial charge in [0, 0.05) is 12.8 Å². The average Bonchev–Trinajstić information content (AvgIpc) is 3.42. The third-order valence-electron chi connectivity index (χ3n) is 12.2. The van der Waals surface area contributed by atoms with Crippen LogP contribution in [-0.4, -0.2) is 36.4 Å². The molecule has 0 fully saturated rings. The Kier molecular flexibility index (Phi) is 60.1. The van der Waals surface area contributed by atoms with Crippen LogP contribution in [0.1, 0.15) is 232 Å². The van der Waals surface area contributed by atoms with Gasteiger partial charge in [0.2, 0.25) is 0 Å². The predicted octanol–water partition coefficient (Wildman–Crippen LogP) is 21.1. The van der Waals surface area contributed by atoms with Crippen LogP contribution in [0.5, 0.6) is 0 Å². The monoisotopic (exact) mass is 1040 g/mol. The van der Waals surface area contributed by atoms with Crippen molar-refractivity contribution in [1.29, 1.82) is 0 Å². The minimum atomic E-state index is -0.799. The molecule has 0 aromatic heterocycles. The van der Waals surface area contributed by atoms with Crippen LogP contribution in [-0.2, 0) is 19.1 Å². The summed E-state index contributed by atoms with van der Waals surface area (Å²) >= 11 is 0. The molecule has 0 aliphatic rings. The van der Waals surface area contributed by atoms with Gasteiger partial charge < -0.3 is 14.6 Å². The molecule has 0 rings (SSSR count). The van der Waals surface area contributed by atoms with Gasteiger partial charge in [-0.25, -0.2) is 0 Å². The van der Waals surface area contributed by atoms with E-state index < -0.39 is 6.10 Å². The number of carbonyl (C=O) groups excluding carboxylic acids is 2. The van der Waals surface area contributed by atoms with Crippen LogP contribution in [0.2, 0.25) is 0 Å². The van der Waals surface area contributed by atoms with E-state index in [1.165, 1.54) is 51.4 Å². The smallest absolute Gasteiger partial charge is 0.306 e. The van der Waals surface area contributed by atoms with E-state index in [0.29, 0.717) is 12.8 Å². The van der Waals surface area contributed by atoms with Crippen molar-refractivity contribution in [3.8, 4) is 0 Å². The minimum absolute atomic E-state index is 0.0879. The maximum Gasteiger partial charge on any atom is 0.306 e. The molecule has 0 spiro atoms. The number of allylic oxidation sites excluding steroid dienone is 30. The Morgan fingerprint density at radius 3 is 0.789 bits per heavy atom. The fourth-order valence-corrected chi connectivity index (χ4v) is 7.73. The Bertz CT molecular complexity index is 1750. The molecule has 1 unspecified atom stereocenters. The van der Waals surface area contributed by atoms with Crippen molar-refractivity contribution in [2.24, 2.45) is 0 Å². The summed E-state index contributed by atoms with van der Waals surface area (Å²) in [6.45, 7) is 3.88. The van der Waals surface area contributed by atoms with Gasteiger partial charge in [-0.05, 0) is 135 Å². The van der Waals surface area contributed by atoms with Gasteiger partial charge in [-0.2, -0.15) is 0 Å². The van der Waals surface area contributed by atoms with Gasteiger partial charge >= 0.3 is 11.9 Å². The lowest BCUT2D eigenvalue weighted by Crippen LogP contribution is -2.28. The van der Waals surface area contributed by atoms with Crippen LogP contribution in [0, 0.1) is 0 Å². The van der Waals surface area contributed by atoms with Crippen molar-refractivity contribution in [3.05, 3.63) is 182 Å². The molecule has 1 atom stereocenters. The van der Waals surface area contributed by atoms with Crippen molar-refractivity contribution in [2.45, 2.75) is 238 Å². The van der Waals surface area contributed by atoms with Crippen LogP contribution < -0.4 is 0 Å². The third kappa shape index (κ3) is 61.5. The van der Waals surface area contributed by atoms with Crippen LogP contribution in [0.25, 0.3) is 0 Å². The molecule has 0 aliphatic heterocycles. The van der Waals surface area contributed by atoms with Gasteiger partial charge in [0.25, 0.3) is 0 Å². The third-order valence-corrected chi connectivity index (χ3v) is 12.2. The van der Waals surface area contributed by atoms with E-state index in [9.17, 15) is 14.7 Å². The maximum atomic E-state index is 12.3. The first-order valence-corrected chi connectivity index (χ1v) is 30.3. The summed E-state index contributed by atoms with van der Waals surface area (Å²) in [5.74, 6) is -0.628. The zero-order valence-electron chi connectivity index (χ0n) is 48.4. The zero-order chi connectivity index (χ0) is 54.8. The topological polar surface area (TPSA) is 72.8 Å². The van der Waals surface area contributed by atoms with Crippen molar-refractivity contribution in [1.82, 2.24) is 0 Å². The number of esters is 2. The van der Waals surface area contributed by atoms with E-state index in [1.54, 1.807) is 0 Å². The van der Waals surface area contributed by atoms with Crippen molar-refractivity contribution >= 4 is 11.9 Å². The van der Waals surface area contributed by atoms with Crippen molar-refractivity contribution < 1.29 is 24.2 Å². The molecule has 0 saturated carbocycles. The largest absolute Gasteiger partial charge is 0.462 e. The first-order valence-electron chi connectivity index (χ1n) is 30.3. The molecule has 5 heteroatoms. The molecule has 0 aliphatic carbocycles. The molecular weight excluding hydrogens is 933 g/mol. The van der Waals surface area contributed by atoms with Gasteiger partial charge in [0.05, 0.1) is 6.61 Å². The van der Waals surface area contributed by atoms with Crippen LogP contribution in [0.15, 0.2) is 182 Å². The summed E-state index contributed by atoms with van der Waals surface area (Å²) in [6.07, 6.45) is 101. The molecule has 0 aromatic rings. The number of unbranched alkanes of at least 4 members (excludes halogenated alkanes) is 15. The molecule has 0 aromatic carbocycles. The number of hydrogen-bond acceptors (Lipinski definition) is 5. The van der Waals surface area contributed by atoms with Crippen molar-refractivity contribution in [3.63, 3.8) is 0 Å². The SMILES string of the molecule is CC/C=C\C/C=C\C/C=C\C/C=C\C/C=C\C/C=C\C/C=C\C/C=C\CCCCCCCCC(=O)OC(CO)COC(=O)CCCCCCCCCCC/C=C\C/C=C\C/C=C\C/C=C\C/C=C\C/C=C\C/C=C\CC. The molecule has 424 valence electrons. The highest BCUT2D eigenvalue weighted by molar-refractivity contribution is 5.70. The Hall–Kier alpha value is -5.00. The van der Waals surface area contributed by atoms with Gasteiger partial charge in [0.15, 0.2) is 6.10 Å². The van der Waals surface area contributed by atoms with Gasteiger partial charge in [0.1, 0.15) is 6.61 Å². The summed E-state index contributed by atoms with van der Waals surface area (Å²) in [4.78, 5) is 24.6. The normalized spacial score (nSPS) is 13.6. The van der Waals surface area contributed by atoms with Crippen molar-refractivity contribution in [2.75, 3.05) is 13.2 Å². The second kappa shape index (κ2) is 64.3. The number of ether oxygens (including phenoxy) is 2.